The van der Waals surface area contributed by atoms with Gasteiger partial charge >= 0.3 is 0 Å². The first kappa shape index (κ1) is 18.2. The summed E-state index contributed by atoms with van der Waals surface area (Å²) < 4.78 is 0. The molecule has 0 radical (unpaired) electrons. The maximum absolute atomic E-state index is 12.5. The first-order chi connectivity index (χ1) is 12.0. The number of nitrogens with zero attached hydrogens (tertiary/aromatic N) is 2. The van der Waals surface area contributed by atoms with E-state index in [1.165, 1.54) is 18.5 Å². The van der Waals surface area contributed by atoms with Crippen LogP contribution in [-0.2, 0) is 4.79 Å². The molecule has 25 heavy (non-hydrogen) atoms. The van der Waals surface area contributed by atoms with Crippen LogP contribution < -0.4 is 10.2 Å². The highest BCUT2D eigenvalue weighted by atomic mass is 16.3. The number of rotatable bonds is 6. The van der Waals surface area contributed by atoms with Crippen molar-refractivity contribution in [2.75, 3.05) is 36.4 Å². The molecule has 2 saturated heterocycles. The Labute approximate surface area is 151 Å². The zero-order chi connectivity index (χ0) is 17.8. The summed E-state index contributed by atoms with van der Waals surface area (Å²) in [6.07, 6.45) is 5.14. The molecule has 0 saturated carbocycles. The molecule has 0 aliphatic carbocycles. The van der Waals surface area contributed by atoms with E-state index < -0.39 is 0 Å². The number of likely N-dealkylation sites (tertiary alicyclic amines) is 1. The summed E-state index contributed by atoms with van der Waals surface area (Å²) in [6.45, 7) is 7.49. The average molecular weight is 345 g/mol. The quantitative estimate of drug-likeness (QED) is 0.832. The summed E-state index contributed by atoms with van der Waals surface area (Å²) in [6, 6.07) is 6.63. The summed E-state index contributed by atoms with van der Waals surface area (Å²) in [5.74, 6) is 0.0366. The smallest absolute Gasteiger partial charge is 0.238 e. The van der Waals surface area contributed by atoms with Crippen LogP contribution in [0, 0.1) is 6.92 Å². The van der Waals surface area contributed by atoms with Gasteiger partial charge in [0.05, 0.1) is 12.6 Å². The maximum atomic E-state index is 12.5. The highest BCUT2D eigenvalue weighted by Crippen LogP contribution is 2.26. The molecule has 5 nitrogen and oxygen atoms in total. The van der Waals surface area contributed by atoms with Crippen molar-refractivity contribution in [3.63, 3.8) is 0 Å². The minimum atomic E-state index is -0.311. The Bertz CT molecular complexity index is 597. The third kappa shape index (κ3) is 4.73. The molecule has 0 aromatic heterocycles. The first-order valence-corrected chi connectivity index (χ1v) is 9.60. The molecule has 1 aromatic rings. The van der Waals surface area contributed by atoms with Crippen molar-refractivity contribution in [2.45, 2.75) is 58.1 Å². The minimum absolute atomic E-state index is 0.0366. The SMILES string of the molecule is Cc1cc(N2CCCC2)ccc1NC(=O)CN1CCCC1CC(C)O. The second-order valence-corrected chi connectivity index (χ2v) is 7.59. The monoisotopic (exact) mass is 345 g/mol. The Morgan fingerprint density at radius 1 is 1.28 bits per heavy atom. The lowest BCUT2D eigenvalue weighted by molar-refractivity contribution is -0.117. The van der Waals surface area contributed by atoms with E-state index >= 15 is 0 Å². The first-order valence-electron chi connectivity index (χ1n) is 9.60. The number of aliphatic hydroxyl groups excluding tert-OH is 1. The number of aryl methyl sites for hydroxylation is 1. The molecular formula is C20H31N3O2. The molecule has 2 N–H and O–H groups in total. The number of amides is 1. The van der Waals surface area contributed by atoms with Crippen LogP contribution in [0.5, 0.6) is 0 Å². The van der Waals surface area contributed by atoms with Crippen LogP contribution in [0.3, 0.4) is 0 Å². The largest absolute Gasteiger partial charge is 0.393 e. The van der Waals surface area contributed by atoms with Crippen LogP contribution in [0.25, 0.3) is 0 Å². The summed E-state index contributed by atoms with van der Waals surface area (Å²) in [5.41, 5.74) is 3.27. The van der Waals surface area contributed by atoms with Crippen molar-refractivity contribution < 1.29 is 9.90 Å². The van der Waals surface area contributed by atoms with E-state index in [4.69, 9.17) is 0 Å². The van der Waals surface area contributed by atoms with Crippen LogP contribution in [-0.4, -0.2) is 54.2 Å². The lowest BCUT2D eigenvalue weighted by Crippen LogP contribution is -2.38. The molecule has 3 rings (SSSR count). The lowest BCUT2D eigenvalue weighted by atomic mass is 10.1. The van der Waals surface area contributed by atoms with E-state index in [0.717, 1.165) is 50.1 Å². The molecule has 2 aliphatic rings. The fourth-order valence-corrected chi connectivity index (χ4v) is 4.10. The number of hydrogen-bond acceptors (Lipinski definition) is 4. The molecule has 1 aromatic carbocycles. The molecular weight excluding hydrogens is 314 g/mol. The Balaban J connectivity index is 1.57. The third-order valence-electron chi connectivity index (χ3n) is 5.41. The van der Waals surface area contributed by atoms with Gasteiger partial charge in [-0.1, -0.05) is 0 Å². The van der Waals surface area contributed by atoms with Gasteiger partial charge in [-0.25, -0.2) is 0 Å². The molecule has 5 heteroatoms. The van der Waals surface area contributed by atoms with Gasteiger partial charge in [-0.3, -0.25) is 9.69 Å². The second-order valence-electron chi connectivity index (χ2n) is 7.59. The second kappa shape index (κ2) is 8.19. The maximum Gasteiger partial charge on any atom is 0.238 e. The molecule has 2 atom stereocenters. The number of hydrogen-bond donors (Lipinski definition) is 2. The van der Waals surface area contributed by atoms with Gasteiger partial charge in [0.2, 0.25) is 5.91 Å². The van der Waals surface area contributed by atoms with Gasteiger partial charge in [0, 0.05) is 30.5 Å². The molecule has 2 fully saturated rings. The molecule has 0 bridgehead atoms. The fraction of sp³-hybridized carbons (Fsp3) is 0.650. The van der Waals surface area contributed by atoms with Crippen molar-refractivity contribution >= 4 is 17.3 Å². The predicted octanol–water partition coefficient (Wildman–Crippen LogP) is 2.77. The molecule has 2 aliphatic heterocycles. The Kier molecular flexibility index (Phi) is 5.97. The fourth-order valence-electron chi connectivity index (χ4n) is 4.10. The minimum Gasteiger partial charge on any atom is -0.393 e. The normalized spacial score (nSPS) is 22.4. The van der Waals surface area contributed by atoms with E-state index in [0.29, 0.717) is 12.6 Å². The molecule has 1 amide bonds. The van der Waals surface area contributed by atoms with E-state index in [2.05, 4.69) is 34.2 Å². The van der Waals surface area contributed by atoms with E-state index in [-0.39, 0.29) is 12.0 Å². The predicted molar refractivity (Wildman–Crippen MR) is 102 cm³/mol. The number of anilines is 2. The number of carbonyl (C=O) groups excluding carboxylic acids is 1. The van der Waals surface area contributed by atoms with Gasteiger partial charge in [-0.2, -0.15) is 0 Å². The van der Waals surface area contributed by atoms with Gasteiger partial charge < -0.3 is 15.3 Å². The number of benzene rings is 1. The summed E-state index contributed by atoms with van der Waals surface area (Å²) in [4.78, 5) is 17.1. The lowest BCUT2D eigenvalue weighted by Gasteiger charge is -2.25. The van der Waals surface area contributed by atoms with Gasteiger partial charge in [-0.15, -0.1) is 0 Å². The average Bonchev–Trinajstić information content (AvgIpc) is 3.21. The van der Waals surface area contributed by atoms with E-state index in [1.807, 2.05) is 13.0 Å². The van der Waals surface area contributed by atoms with Crippen molar-refractivity contribution in [1.29, 1.82) is 0 Å². The van der Waals surface area contributed by atoms with Crippen molar-refractivity contribution in [3.05, 3.63) is 23.8 Å². The van der Waals surface area contributed by atoms with Crippen molar-refractivity contribution in [1.82, 2.24) is 4.90 Å². The topological polar surface area (TPSA) is 55.8 Å². The van der Waals surface area contributed by atoms with Gasteiger partial charge in [0.1, 0.15) is 0 Å². The van der Waals surface area contributed by atoms with Gasteiger partial charge in [0.15, 0.2) is 0 Å². The van der Waals surface area contributed by atoms with Gasteiger partial charge in [-0.05, 0) is 76.3 Å². The van der Waals surface area contributed by atoms with E-state index in [1.54, 1.807) is 0 Å². The molecule has 138 valence electrons. The van der Waals surface area contributed by atoms with Crippen molar-refractivity contribution in [3.8, 4) is 0 Å². The highest BCUT2D eigenvalue weighted by Gasteiger charge is 2.27. The van der Waals surface area contributed by atoms with Crippen LogP contribution >= 0.6 is 0 Å². The van der Waals surface area contributed by atoms with Crippen LogP contribution in [0.15, 0.2) is 18.2 Å². The zero-order valence-corrected chi connectivity index (χ0v) is 15.5. The van der Waals surface area contributed by atoms with Crippen LogP contribution in [0.1, 0.15) is 44.6 Å². The van der Waals surface area contributed by atoms with E-state index in [9.17, 15) is 9.90 Å². The summed E-state index contributed by atoms with van der Waals surface area (Å²) in [5, 5.41) is 12.7. The summed E-state index contributed by atoms with van der Waals surface area (Å²) >= 11 is 0. The molecule has 2 unspecified atom stereocenters. The van der Waals surface area contributed by atoms with Crippen LogP contribution in [0.2, 0.25) is 0 Å². The van der Waals surface area contributed by atoms with Crippen molar-refractivity contribution in [2.24, 2.45) is 0 Å². The Hall–Kier alpha value is -1.59. The summed E-state index contributed by atoms with van der Waals surface area (Å²) in [7, 11) is 0. The molecule has 2 heterocycles. The standard InChI is InChI=1S/C20H31N3O2/c1-15-12-18(22-9-3-4-10-22)7-8-19(15)21-20(25)14-23-11-5-6-17(23)13-16(2)24/h7-8,12,16-17,24H,3-6,9-11,13-14H2,1-2H3,(H,21,25). The highest BCUT2D eigenvalue weighted by molar-refractivity contribution is 5.93. The van der Waals surface area contributed by atoms with Crippen LogP contribution in [0.4, 0.5) is 11.4 Å². The number of nitrogens with one attached hydrogen (secondary N) is 1. The number of carbonyl (C=O) groups is 1. The Morgan fingerprint density at radius 2 is 2.04 bits per heavy atom. The van der Waals surface area contributed by atoms with Gasteiger partial charge in [0.25, 0.3) is 0 Å². The molecule has 0 spiro atoms. The zero-order valence-electron chi connectivity index (χ0n) is 15.5. The Morgan fingerprint density at radius 3 is 2.72 bits per heavy atom. The number of aliphatic hydroxyl groups is 1. The third-order valence-corrected chi connectivity index (χ3v) is 5.41.